The summed E-state index contributed by atoms with van der Waals surface area (Å²) in [7, 11) is -1.27. The van der Waals surface area contributed by atoms with Crippen molar-refractivity contribution < 1.29 is 17.9 Å². The standard InChI is InChI=1S/C26H37N7O4S2/c1-7-33(8-2)15-14-32(5)22-16-21(27-17-19-10-12-20(13-11-19)39(6,35)36)29-25(30-22)31-26-28-18(4)23(38-26)24(34)37-9-3/h10-13,16H,7-9,14-15,17H2,1-6H3,(H2,27,28,29,30,31). The monoisotopic (exact) mass is 575 g/mol. The summed E-state index contributed by atoms with van der Waals surface area (Å²) in [5.41, 5.74) is 1.48. The third kappa shape index (κ3) is 8.60. The largest absolute Gasteiger partial charge is 0.462 e. The summed E-state index contributed by atoms with van der Waals surface area (Å²) in [6.07, 6.45) is 1.19. The average molecular weight is 576 g/mol. The van der Waals surface area contributed by atoms with E-state index in [-0.39, 0.29) is 11.5 Å². The molecule has 0 saturated carbocycles. The molecule has 0 spiro atoms. The average Bonchev–Trinajstić information content (AvgIpc) is 3.27. The highest BCUT2D eigenvalue weighted by Gasteiger charge is 2.18. The smallest absolute Gasteiger partial charge is 0.350 e. The summed E-state index contributed by atoms with van der Waals surface area (Å²) in [5, 5.41) is 6.94. The van der Waals surface area contributed by atoms with Crippen LogP contribution in [0.2, 0.25) is 0 Å². The molecule has 212 valence electrons. The van der Waals surface area contributed by atoms with E-state index in [1.807, 2.05) is 13.1 Å². The predicted octanol–water partition coefficient (Wildman–Crippen LogP) is 3.96. The number of carbonyl (C=O) groups excluding carboxylic acids is 1. The maximum Gasteiger partial charge on any atom is 0.350 e. The van der Waals surface area contributed by atoms with Crippen LogP contribution in [0, 0.1) is 6.92 Å². The van der Waals surface area contributed by atoms with Crippen LogP contribution in [0.25, 0.3) is 0 Å². The van der Waals surface area contributed by atoms with Crippen molar-refractivity contribution in [3.63, 3.8) is 0 Å². The molecular weight excluding hydrogens is 538 g/mol. The van der Waals surface area contributed by atoms with Crippen molar-refractivity contribution in [2.45, 2.75) is 39.1 Å². The Hall–Kier alpha value is -3.29. The first-order valence-corrected chi connectivity index (χ1v) is 15.5. The van der Waals surface area contributed by atoms with Crippen molar-refractivity contribution in [2.75, 3.05) is 61.6 Å². The molecule has 13 heteroatoms. The van der Waals surface area contributed by atoms with Crippen molar-refractivity contribution in [3.8, 4) is 0 Å². The van der Waals surface area contributed by atoms with Crippen LogP contribution in [-0.4, -0.2) is 80.3 Å². The molecule has 0 bridgehead atoms. The molecule has 0 aliphatic carbocycles. The van der Waals surface area contributed by atoms with Gasteiger partial charge in [-0.2, -0.15) is 9.97 Å². The lowest BCUT2D eigenvalue weighted by Gasteiger charge is -2.24. The first kappa shape index (κ1) is 30.3. The molecule has 3 rings (SSSR count). The van der Waals surface area contributed by atoms with Crippen LogP contribution in [0.1, 0.15) is 41.7 Å². The highest BCUT2D eigenvalue weighted by molar-refractivity contribution is 7.90. The van der Waals surface area contributed by atoms with E-state index in [0.29, 0.717) is 39.8 Å². The quantitative estimate of drug-likeness (QED) is 0.271. The molecule has 11 nitrogen and oxygen atoms in total. The van der Waals surface area contributed by atoms with Crippen molar-refractivity contribution in [1.29, 1.82) is 0 Å². The van der Waals surface area contributed by atoms with E-state index >= 15 is 0 Å². The molecule has 0 aliphatic rings. The normalized spacial score (nSPS) is 11.5. The lowest BCUT2D eigenvalue weighted by Crippen LogP contribution is -2.33. The number of likely N-dealkylation sites (N-methyl/N-ethyl adjacent to an activating group) is 2. The SMILES string of the molecule is CCOC(=O)c1sc(Nc2nc(NCc3ccc(S(C)(=O)=O)cc3)cc(N(C)CCN(CC)CC)n2)nc1C. The van der Waals surface area contributed by atoms with Gasteiger partial charge in [0.25, 0.3) is 0 Å². The van der Waals surface area contributed by atoms with Crippen LogP contribution >= 0.6 is 11.3 Å². The fourth-order valence-electron chi connectivity index (χ4n) is 3.70. The van der Waals surface area contributed by atoms with Crippen molar-refractivity contribution in [2.24, 2.45) is 0 Å². The number of rotatable bonds is 14. The van der Waals surface area contributed by atoms with Gasteiger partial charge in [-0.1, -0.05) is 37.3 Å². The fraction of sp³-hybridized carbons (Fsp3) is 0.462. The molecule has 3 aromatic rings. The number of hydrogen-bond donors (Lipinski definition) is 2. The second kappa shape index (κ2) is 13.7. The van der Waals surface area contributed by atoms with E-state index in [9.17, 15) is 13.2 Å². The van der Waals surface area contributed by atoms with Crippen LogP contribution in [-0.2, 0) is 21.1 Å². The molecule has 2 N–H and O–H groups in total. The number of thiazole rings is 1. The highest BCUT2D eigenvalue weighted by atomic mass is 32.2. The number of aromatic nitrogens is 3. The zero-order chi connectivity index (χ0) is 28.6. The number of aryl methyl sites for hydroxylation is 1. The number of benzene rings is 1. The predicted molar refractivity (Wildman–Crippen MR) is 156 cm³/mol. The summed E-state index contributed by atoms with van der Waals surface area (Å²) < 4.78 is 28.6. The van der Waals surface area contributed by atoms with Gasteiger partial charge in [0.15, 0.2) is 15.0 Å². The molecule has 0 amide bonds. The summed E-state index contributed by atoms with van der Waals surface area (Å²) >= 11 is 1.19. The number of carbonyl (C=O) groups is 1. The van der Waals surface area contributed by atoms with Crippen molar-refractivity contribution >= 4 is 49.9 Å². The van der Waals surface area contributed by atoms with E-state index in [1.165, 1.54) is 17.6 Å². The van der Waals surface area contributed by atoms with Crippen molar-refractivity contribution in [1.82, 2.24) is 19.9 Å². The molecule has 0 unspecified atom stereocenters. The van der Waals surface area contributed by atoms with Crippen LogP contribution in [0.5, 0.6) is 0 Å². The number of hydrogen-bond acceptors (Lipinski definition) is 12. The number of nitrogens with zero attached hydrogens (tertiary/aromatic N) is 5. The molecule has 0 saturated heterocycles. The molecule has 0 radical (unpaired) electrons. The second-order valence-electron chi connectivity index (χ2n) is 8.93. The summed E-state index contributed by atoms with van der Waals surface area (Å²) in [6.45, 7) is 12.1. The maximum absolute atomic E-state index is 12.2. The molecule has 0 fully saturated rings. The first-order chi connectivity index (χ1) is 18.5. The molecule has 2 heterocycles. The molecule has 1 aromatic carbocycles. The van der Waals surface area contributed by atoms with Crippen LogP contribution in [0.3, 0.4) is 0 Å². The van der Waals surface area contributed by atoms with Gasteiger partial charge in [0.1, 0.15) is 16.5 Å². The summed E-state index contributed by atoms with van der Waals surface area (Å²) in [6, 6.07) is 8.61. The molecular formula is C26H37N7O4S2. The Labute approximate surface area is 234 Å². The Morgan fingerprint density at radius 2 is 1.74 bits per heavy atom. The Morgan fingerprint density at radius 3 is 2.36 bits per heavy atom. The van der Waals surface area contributed by atoms with Gasteiger partial charge in [-0.25, -0.2) is 18.2 Å². The third-order valence-electron chi connectivity index (χ3n) is 6.05. The number of esters is 1. The Bertz CT molecular complexity index is 1360. The number of ether oxygens (including phenoxy) is 1. The van der Waals surface area contributed by atoms with E-state index in [0.717, 1.165) is 31.7 Å². The number of nitrogens with one attached hydrogen (secondary N) is 2. The van der Waals surface area contributed by atoms with Crippen LogP contribution in [0.15, 0.2) is 35.2 Å². The number of sulfone groups is 1. The van der Waals surface area contributed by atoms with Crippen LogP contribution < -0.4 is 15.5 Å². The topological polar surface area (TPSA) is 130 Å². The van der Waals surface area contributed by atoms with Gasteiger partial charge in [0, 0.05) is 39.0 Å². The van der Waals surface area contributed by atoms with E-state index in [4.69, 9.17) is 9.72 Å². The van der Waals surface area contributed by atoms with Gasteiger partial charge < -0.3 is 19.9 Å². The maximum atomic E-state index is 12.2. The Kier molecular flexibility index (Phi) is 10.6. The number of anilines is 4. The minimum absolute atomic E-state index is 0.276. The fourth-order valence-corrected chi connectivity index (χ4v) is 5.19. The third-order valence-corrected chi connectivity index (χ3v) is 8.23. The highest BCUT2D eigenvalue weighted by Crippen LogP contribution is 2.27. The van der Waals surface area contributed by atoms with Gasteiger partial charge >= 0.3 is 5.97 Å². The Morgan fingerprint density at radius 1 is 1.05 bits per heavy atom. The molecule has 2 aromatic heterocycles. The summed E-state index contributed by atoms with van der Waals surface area (Å²) in [5.74, 6) is 1.23. The van der Waals surface area contributed by atoms with Gasteiger partial charge in [-0.3, -0.25) is 5.32 Å². The Balaban J connectivity index is 1.84. The van der Waals surface area contributed by atoms with E-state index in [1.54, 1.807) is 38.1 Å². The minimum Gasteiger partial charge on any atom is -0.462 e. The molecule has 39 heavy (non-hydrogen) atoms. The van der Waals surface area contributed by atoms with Gasteiger partial charge in [-0.15, -0.1) is 0 Å². The van der Waals surface area contributed by atoms with Gasteiger partial charge in [-0.05, 0) is 44.6 Å². The summed E-state index contributed by atoms with van der Waals surface area (Å²) in [4.78, 5) is 31.1. The molecule has 0 atom stereocenters. The zero-order valence-corrected chi connectivity index (χ0v) is 24.9. The second-order valence-corrected chi connectivity index (χ2v) is 11.9. The van der Waals surface area contributed by atoms with Crippen molar-refractivity contribution in [3.05, 3.63) is 46.5 Å². The zero-order valence-electron chi connectivity index (χ0n) is 23.3. The first-order valence-electron chi connectivity index (χ1n) is 12.8. The minimum atomic E-state index is -3.26. The van der Waals surface area contributed by atoms with Gasteiger partial charge in [0.2, 0.25) is 5.95 Å². The van der Waals surface area contributed by atoms with E-state index in [2.05, 4.69) is 44.2 Å². The van der Waals surface area contributed by atoms with E-state index < -0.39 is 15.8 Å². The lowest BCUT2D eigenvalue weighted by molar-refractivity contribution is 0.0531. The molecule has 0 aliphatic heterocycles. The lowest BCUT2D eigenvalue weighted by atomic mass is 10.2. The van der Waals surface area contributed by atoms with Gasteiger partial charge in [0.05, 0.1) is 17.2 Å². The van der Waals surface area contributed by atoms with Crippen LogP contribution in [0.4, 0.5) is 22.7 Å².